The standard InChI is InChI=1S/C23H21N3O4S/c1-14-17(22(27)25-20-7-6-15(29-2)11-21(20)30-3)12-18-19(24-14)8-9-26(23(18)28)13-16-5-4-10-31-16/h4-12H,13H2,1-3H3,(H,25,27). The number of carbonyl (C=O) groups excluding carboxylic acids is 1. The van der Waals surface area contributed by atoms with E-state index in [0.29, 0.717) is 45.9 Å². The minimum absolute atomic E-state index is 0.186. The molecule has 0 saturated heterocycles. The van der Waals surface area contributed by atoms with Crippen LogP contribution in [-0.2, 0) is 6.54 Å². The van der Waals surface area contributed by atoms with Crippen LogP contribution in [-0.4, -0.2) is 29.7 Å². The molecule has 8 heteroatoms. The molecule has 3 heterocycles. The molecule has 158 valence electrons. The zero-order chi connectivity index (χ0) is 22.0. The molecule has 0 aliphatic rings. The maximum Gasteiger partial charge on any atom is 0.260 e. The number of amides is 1. The summed E-state index contributed by atoms with van der Waals surface area (Å²) in [5, 5.41) is 5.21. The smallest absolute Gasteiger partial charge is 0.260 e. The number of anilines is 1. The lowest BCUT2D eigenvalue weighted by atomic mass is 10.1. The molecule has 7 nitrogen and oxygen atoms in total. The molecule has 0 spiro atoms. The Labute approximate surface area is 182 Å². The van der Waals surface area contributed by atoms with Crippen molar-refractivity contribution in [2.45, 2.75) is 13.5 Å². The van der Waals surface area contributed by atoms with Gasteiger partial charge in [0.1, 0.15) is 11.5 Å². The van der Waals surface area contributed by atoms with Crippen LogP contribution >= 0.6 is 11.3 Å². The number of fused-ring (bicyclic) bond motifs is 1. The van der Waals surface area contributed by atoms with Gasteiger partial charge in [-0.15, -0.1) is 11.3 Å². The van der Waals surface area contributed by atoms with Gasteiger partial charge in [-0.3, -0.25) is 14.6 Å². The summed E-state index contributed by atoms with van der Waals surface area (Å²) in [6, 6.07) is 12.5. The Morgan fingerprint density at radius 1 is 1.16 bits per heavy atom. The van der Waals surface area contributed by atoms with Gasteiger partial charge in [-0.1, -0.05) is 6.07 Å². The van der Waals surface area contributed by atoms with E-state index < -0.39 is 0 Å². The molecule has 0 atom stereocenters. The Kier molecular flexibility index (Phi) is 5.73. The molecule has 4 rings (SSSR count). The van der Waals surface area contributed by atoms with Crippen molar-refractivity contribution in [3.05, 3.63) is 80.5 Å². The number of aryl methyl sites for hydroxylation is 1. The minimum atomic E-state index is -0.372. The predicted octanol–water partition coefficient (Wildman–Crippen LogP) is 4.08. The molecular weight excluding hydrogens is 414 g/mol. The van der Waals surface area contributed by atoms with Crippen molar-refractivity contribution in [2.24, 2.45) is 0 Å². The van der Waals surface area contributed by atoms with Gasteiger partial charge in [-0.25, -0.2) is 0 Å². The highest BCUT2D eigenvalue weighted by Crippen LogP contribution is 2.29. The molecule has 4 aromatic rings. The maximum atomic E-state index is 13.0. The van der Waals surface area contributed by atoms with Crippen LogP contribution in [0.2, 0.25) is 0 Å². The van der Waals surface area contributed by atoms with E-state index in [9.17, 15) is 9.59 Å². The van der Waals surface area contributed by atoms with Crippen molar-refractivity contribution in [2.75, 3.05) is 19.5 Å². The number of aromatic nitrogens is 2. The van der Waals surface area contributed by atoms with Crippen LogP contribution in [0.5, 0.6) is 11.5 Å². The molecule has 0 saturated carbocycles. The van der Waals surface area contributed by atoms with Gasteiger partial charge in [0, 0.05) is 17.1 Å². The highest BCUT2D eigenvalue weighted by atomic mass is 32.1. The number of rotatable bonds is 6. The second kappa shape index (κ2) is 8.61. The summed E-state index contributed by atoms with van der Waals surface area (Å²) in [6.07, 6.45) is 1.73. The first-order valence-corrected chi connectivity index (χ1v) is 10.4. The van der Waals surface area contributed by atoms with E-state index >= 15 is 0 Å². The van der Waals surface area contributed by atoms with Crippen LogP contribution in [0, 0.1) is 6.92 Å². The summed E-state index contributed by atoms with van der Waals surface area (Å²) < 4.78 is 12.2. The lowest BCUT2D eigenvalue weighted by Crippen LogP contribution is -2.21. The summed E-state index contributed by atoms with van der Waals surface area (Å²) in [6.45, 7) is 2.22. The van der Waals surface area contributed by atoms with Crippen LogP contribution < -0.4 is 20.3 Å². The number of nitrogens with zero attached hydrogens (tertiary/aromatic N) is 2. The van der Waals surface area contributed by atoms with Crippen LogP contribution in [0.1, 0.15) is 20.9 Å². The third-order valence-corrected chi connectivity index (χ3v) is 5.82. The van der Waals surface area contributed by atoms with E-state index in [1.54, 1.807) is 66.5 Å². The van der Waals surface area contributed by atoms with Crippen molar-refractivity contribution >= 4 is 33.8 Å². The fraction of sp³-hybridized carbons (Fsp3) is 0.174. The SMILES string of the molecule is COc1ccc(NC(=O)c2cc3c(=O)n(Cc4cccs4)ccc3nc2C)c(OC)c1. The summed E-state index contributed by atoms with van der Waals surface area (Å²) in [5.41, 5.74) is 1.73. The van der Waals surface area contributed by atoms with Crippen molar-refractivity contribution in [1.82, 2.24) is 9.55 Å². The third-order valence-electron chi connectivity index (χ3n) is 4.95. The Morgan fingerprint density at radius 2 is 2.00 bits per heavy atom. The molecule has 0 unspecified atom stereocenters. The number of ether oxygens (including phenoxy) is 2. The first-order chi connectivity index (χ1) is 15.0. The van der Waals surface area contributed by atoms with Crippen LogP contribution in [0.3, 0.4) is 0 Å². The molecule has 0 fully saturated rings. The number of benzene rings is 1. The highest BCUT2D eigenvalue weighted by Gasteiger charge is 2.16. The molecule has 0 aliphatic heterocycles. The van der Waals surface area contributed by atoms with E-state index in [1.807, 2.05) is 17.5 Å². The first kappa shape index (κ1) is 20.6. The summed E-state index contributed by atoms with van der Waals surface area (Å²) in [5.74, 6) is 0.713. The van der Waals surface area contributed by atoms with Gasteiger partial charge in [0.15, 0.2) is 0 Å². The highest BCUT2D eigenvalue weighted by molar-refractivity contribution is 7.09. The quantitative estimate of drug-likeness (QED) is 0.493. The second-order valence-corrected chi connectivity index (χ2v) is 7.93. The fourth-order valence-electron chi connectivity index (χ4n) is 3.32. The number of pyridine rings is 2. The lowest BCUT2D eigenvalue weighted by Gasteiger charge is -2.13. The number of hydrogen-bond acceptors (Lipinski definition) is 6. The summed E-state index contributed by atoms with van der Waals surface area (Å²) in [7, 11) is 3.08. The normalized spacial score (nSPS) is 10.8. The number of hydrogen-bond donors (Lipinski definition) is 1. The van der Waals surface area contributed by atoms with Gasteiger partial charge in [0.25, 0.3) is 11.5 Å². The Hall–Kier alpha value is -3.65. The van der Waals surface area contributed by atoms with Gasteiger partial charge >= 0.3 is 0 Å². The monoisotopic (exact) mass is 435 g/mol. The van der Waals surface area contributed by atoms with Gasteiger partial charge in [-0.05, 0) is 42.6 Å². The number of carbonyl (C=O) groups is 1. The van der Waals surface area contributed by atoms with E-state index in [0.717, 1.165) is 4.88 Å². The maximum absolute atomic E-state index is 13.0. The lowest BCUT2D eigenvalue weighted by molar-refractivity contribution is 0.102. The van der Waals surface area contributed by atoms with Crippen molar-refractivity contribution in [3.63, 3.8) is 0 Å². The van der Waals surface area contributed by atoms with Gasteiger partial charge in [0.2, 0.25) is 0 Å². The number of thiophene rings is 1. The van der Waals surface area contributed by atoms with Gasteiger partial charge in [0.05, 0.1) is 48.6 Å². The Balaban J connectivity index is 1.70. The van der Waals surface area contributed by atoms with Crippen molar-refractivity contribution in [1.29, 1.82) is 0 Å². The molecule has 0 bridgehead atoms. The van der Waals surface area contributed by atoms with Crippen LogP contribution in [0.15, 0.2) is 58.8 Å². The molecule has 1 N–H and O–H groups in total. The Bertz CT molecular complexity index is 1310. The minimum Gasteiger partial charge on any atom is -0.497 e. The molecule has 0 radical (unpaired) electrons. The van der Waals surface area contributed by atoms with E-state index in [4.69, 9.17) is 9.47 Å². The number of methoxy groups -OCH3 is 2. The van der Waals surface area contributed by atoms with Crippen LogP contribution in [0.4, 0.5) is 5.69 Å². The average Bonchev–Trinajstić information content (AvgIpc) is 3.29. The topological polar surface area (TPSA) is 82.5 Å². The van der Waals surface area contributed by atoms with E-state index in [1.165, 1.54) is 7.11 Å². The van der Waals surface area contributed by atoms with Gasteiger partial charge in [-0.2, -0.15) is 0 Å². The predicted molar refractivity (Wildman–Crippen MR) is 122 cm³/mol. The second-order valence-electron chi connectivity index (χ2n) is 6.90. The molecule has 31 heavy (non-hydrogen) atoms. The average molecular weight is 436 g/mol. The van der Waals surface area contributed by atoms with E-state index in [-0.39, 0.29) is 11.5 Å². The Morgan fingerprint density at radius 3 is 2.71 bits per heavy atom. The largest absolute Gasteiger partial charge is 0.497 e. The first-order valence-electron chi connectivity index (χ1n) is 9.56. The third kappa shape index (κ3) is 4.15. The molecule has 1 aromatic carbocycles. The molecule has 3 aromatic heterocycles. The molecular formula is C23H21N3O4S. The molecule has 1 amide bonds. The summed E-state index contributed by atoms with van der Waals surface area (Å²) >= 11 is 1.59. The van der Waals surface area contributed by atoms with Gasteiger partial charge < -0.3 is 19.4 Å². The summed E-state index contributed by atoms with van der Waals surface area (Å²) in [4.78, 5) is 31.6. The van der Waals surface area contributed by atoms with Crippen LogP contribution in [0.25, 0.3) is 10.9 Å². The zero-order valence-electron chi connectivity index (χ0n) is 17.3. The van der Waals surface area contributed by atoms with Crippen molar-refractivity contribution in [3.8, 4) is 11.5 Å². The fourth-order valence-corrected chi connectivity index (χ4v) is 4.02. The molecule has 0 aliphatic carbocycles. The number of nitrogens with one attached hydrogen (secondary N) is 1. The van der Waals surface area contributed by atoms with Crippen molar-refractivity contribution < 1.29 is 14.3 Å². The van der Waals surface area contributed by atoms with E-state index in [2.05, 4.69) is 10.3 Å². The zero-order valence-corrected chi connectivity index (χ0v) is 18.2.